The zero-order valence-electron chi connectivity index (χ0n) is 21.4. The van der Waals surface area contributed by atoms with E-state index in [9.17, 15) is 39.6 Å². The summed E-state index contributed by atoms with van der Waals surface area (Å²) in [5.41, 5.74) is 11.1. The van der Waals surface area contributed by atoms with Gasteiger partial charge in [0, 0.05) is 32.6 Å². The number of nitrogens with zero attached hydrogens (tertiary/aromatic N) is 1. The van der Waals surface area contributed by atoms with E-state index in [1.807, 2.05) is 0 Å². The van der Waals surface area contributed by atoms with Crippen molar-refractivity contribution < 1.29 is 39.6 Å². The quantitative estimate of drug-likeness (QED) is 0.148. The maximum absolute atomic E-state index is 13.2. The van der Waals surface area contributed by atoms with Crippen LogP contribution in [0.4, 0.5) is 0 Å². The second-order valence-electron chi connectivity index (χ2n) is 9.28. The molecule has 2 unspecified atom stereocenters. The number of carbonyl (C=O) groups is 4. The van der Waals surface area contributed by atoms with Gasteiger partial charge < -0.3 is 52.7 Å². The number of aliphatic hydroxyl groups is 4. The number of primary amides is 1. The number of hydrogen-bond donors (Lipinski definition) is 10. The van der Waals surface area contributed by atoms with Gasteiger partial charge in [0.25, 0.3) is 0 Å². The van der Waals surface area contributed by atoms with Crippen molar-refractivity contribution in [1.82, 2.24) is 26.2 Å². The minimum Gasteiger partial charge on any atom is -0.395 e. The lowest BCUT2D eigenvalue weighted by molar-refractivity contribution is -0.144. The Morgan fingerprint density at radius 3 is 2.46 bits per heavy atom. The topological polar surface area (TPSA) is 253 Å². The highest BCUT2D eigenvalue weighted by Gasteiger charge is 2.36. The standard InChI is InChI=1S/C22H43N7O8/c1-12(32)18-22(37)29(2)16(11-31)21(36)27-14(19(24)34)5-3-4-8-25-17(33)7-6-15(20(35)28-18)26-9-13(23)10-30/h12-16,18,21,26-27,30-32,36H,3-11,23H2,1-2H3,(H2,24,34)(H,25,33)(H,28,35)/t12?,13-,14+,15+,16+,18+,21?/m1/s1. The van der Waals surface area contributed by atoms with E-state index >= 15 is 0 Å². The monoisotopic (exact) mass is 533 g/mol. The van der Waals surface area contributed by atoms with E-state index in [-0.39, 0.29) is 38.3 Å². The molecule has 15 nitrogen and oxygen atoms in total. The maximum Gasteiger partial charge on any atom is 0.248 e. The largest absolute Gasteiger partial charge is 0.395 e. The van der Waals surface area contributed by atoms with Crippen molar-refractivity contribution in [3.05, 3.63) is 0 Å². The minimum absolute atomic E-state index is 0.0309. The summed E-state index contributed by atoms with van der Waals surface area (Å²) in [7, 11) is 1.27. The van der Waals surface area contributed by atoms with Crippen LogP contribution in [0.2, 0.25) is 0 Å². The molecule has 0 spiro atoms. The van der Waals surface area contributed by atoms with Gasteiger partial charge in [-0.05, 0) is 32.6 Å². The van der Waals surface area contributed by atoms with Gasteiger partial charge in [0.2, 0.25) is 23.6 Å². The summed E-state index contributed by atoms with van der Waals surface area (Å²) in [6, 6.07) is -5.31. The Bertz CT molecular complexity index is 757. The first-order valence-corrected chi connectivity index (χ1v) is 12.4. The van der Waals surface area contributed by atoms with Crippen LogP contribution in [0.25, 0.3) is 0 Å². The number of hydrogen-bond acceptors (Lipinski definition) is 11. The normalized spacial score (nSPS) is 29.4. The third-order valence-corrected chi connectivity index (χ3v) is 6.24. The molecule has 0 aromatic heterocycles. The fourth-order valence-electron chi connectivity index (χ4n) is 3.83. The van der Waals surface area contributed by atoms with Crippen LogP contribution in [-0.4, -0.2) is 125 Å². The van der Waals surface area contributed by atoms with Crippen LogP contribution >= 0.6 is 0 Å². The van der Waals surface area contributed by atoms with Crippen molar-refractivity contribution in [3.63, 3.8) is 0 Å². The second kappa shape index (κ2) is 16.4. The van der Waals surface area contributed by atoms with Crippen molar-refractivity contribution in [3.8, 4) is 0 Å². The van der Waals surface area contributed by atoms with E-state index < -0.39 is 66.9 Å². The highest BCUT2D eigenvalue weighted by molar-refractivity contribution is 5.90. The SMILES string of the molecule is CC(O)[C@@H]1NC(=O)[C@@H](NC[C@@H](N)CO)CCC(=O)NCCCC[C@@H](C(N)=O)NC(O)[C@H](CO)N(C)C1=O. The van der Waals surface area contributed by atoms with Crippen LogP contribution < -0.4 is 32.7 Å². The maximum atomic E-state index is 13.2. The van der Waals surface area contributed by atoms with Gasteiger partial charge in [-0.3, -0.25) is 24.5 Å². The molecule has 4 amide bonds. The van der Waals surface area contributed by atoms with Crippen molar-refractivity contribution in [2.24, 2.45) is 11.5 Å². The van der Waals surface area contributed by atoms with E-state index in [4.69, 9.17) is 11.5 Å². The fourth-order valence-corrected chi connectivity index (χ4v) is 3.83. The van der Waals surface area contributed by atoms with Crippen LogP contribution in [0.5, 0.6) is 0 Å². The molecule has 0 radical (unpaired) electrons. The van der Waals surface area contributed by atoms with Gasteiger partial charge in [-0.25, -0.2) is 0 Å². The van der Waals surface area contributed by atoms with E-state index in [1.54, 1.807) is 0 Å². The number of aliphatic hydroxyl groups excluding tert-OH is 4. The molecule has 0 aromatic rings. The highest BCUT2D eigenvalue weighted by Crippen LogP contribution is 2.10. The van der Waals surface area contributed by atoms with Crippen LogP contribution in [0.3, 0.4) is 0 Å². The molecule has 1 aliphatic rings. The average Bonchev–Trinajstić information content (AvgIpc) is 2.84. The number of amides is 4. The zero-order chi connectivity index (χ0) is 28.1. The van der Waals surface area contributed by atoms with Gasteiger partial charge in [-0.15, -0.1) is 0 Å². The first-order valence-electron chi connectivity index (χ1n) is 12.4. The second-order valence-corrected chi connectivity index (χ2v) is 9.28. The summed E-state index contributed by atoms with van der Waals surface area (Å²) in [5.74, 6) is -2.57. The molecule has 7 atom stereocenters. The molecule has 0 aliphatic carbocycles. The predicted octanol–water partition coefficient (Wildman–Crippen LogP) is -5.21. The van der Waals surface area contributed by atoms with Gasteiger partial charge in [-0.1, -0.05) is 0 Å². The number of likely N-dealkylation sites (N-methyl/N-ethyl adjacent to an activating group) is 1. The minimum atomic E-state index is -1.56. The molecular weight excluding hydrogens is 490 g/mol. The van der Waals surface area contributed by atoms with Crippen molar-refractivity contribution >= 4 is 23.6 Å². The Kier molecular flexibility index (Phi) is 14.5. The summed E-state index contributed by atoms with van der Waals surface area (Å²) >= 11 is 0. The third-order valence-electron chi connectivity index (χ3n) is 6.24. The molecule has 1 rings (SSSR count). The molecule has 1 heterocycles. The lowest BCUT2D eigenvalue weighted by Gasteiger charge is -2.35. The molecule has 214 valence electrons. The molecular formula is C22H43N7O8. The van der Waals surface area contributed by atoms with Crippen LogP contribution in [-0.2, 0) is 19.2 Å². The Morgan fingerprint density at radius 2 is 1.89 bits per heavy atom. The predicted molar refractivity (Wildman–Crippen MR) is 132 cm³/mol. The van der Waals surface area contributed by atoms with E-state index in [1.165, 1.54) is 14.0 Å². The number of nitrogens with two attached hydrogens (primary N) is 2. The van der Waals surface area contributed by atoms with Crippen LogP contribution in [0, 0.1) is 0 Å². The number of nitrogens with one attached hydrogen (secondary N) is 4. The zero-order valence-corrected chi connectivity index (χ0v) is 21.4. The molecule has 1 aliphatic heterocycles. The molecule has 12 N–H and O–H groups in total. The summed E-state index contributed by atoms with van der Waals surface area (Å²) < 4.78 is 0. The highest BCUT2D eigenvalue weighted by atomic mass is 16.3. The lowest BCUT2D eigenvalue weighted by atomic mass is 10.0. The molecule has 0 bridgehead atoms. The number of rotatable bonds is 7. The molecule has 1 fully saturated rings. The summed E-state index contributed by atoms with van der Waals surface area (Å²) in [6.45, 7) is 0.614. The first-order chi connectivity index (χ1) is 17.4. The summed E-state index contributed by atoms with van der Waals surface area (Å²) in [6.07, 6.45) is -1.69. The van der Waals surface area contributed by atoms with Gasteiger partial charge in [0.1, 0.15) is 12.3 Å². The molecule has 0 saturated carbocycles. The Labute approximate surface area is 216 Å². The van der Waals surface area contributed by atoms with E-state index in [2.05, 4.69) is 21.3 Å². The molecule has 0 aromatic carbocycles. The van der Waals surface area contributed by atoms with Crippen molar-refractivity contribution in [2.75, 3.05) is 33.4 Å². The summed E-state index contributed by atoms with van der Waals surface area (Å²) in [5, 5.41) is 50.6. The van der Waals surface area contributed by atoms with E-state index in [0.717, 1.165) is 4.90 Å². The number of carbonyl (C=O) groups excluding carboxylic acids is 4. The first kappa shape index (κ1) is 32.6. The Balaban J connectivity index is 3.23. The van der Waals surface area contributed by atoms with Crippen molar-refractivity contribution in [2.45, 2.75) is 81.6 Å². The fraction of sp³-hybridized carbons (Fsp3) is 0.818. The van der Waals surface area contributed by atoms with E-state index in [0.29, 0.717) is 19.4 Å². The van der Waals surface area contributed by atoms with Crippen LogP contribution in [0.1, 0.15) is 39.0 Å². The smallest absolute Gasteiger partial charge is 0.248 e. The van der Waals surface area contributed by atoms with Crippen molar-refractivity contribution in [1.29, 1.82) is 0 Å². The lowest BCUT2D eigenvalue weighted by Crippen LogP contribution is -2.62. The molecule has 1 saturated heterocycles. The van der Waals surface area contributed by atoms with Crippen LogP contribution in [0.15, 0.2) is 0 Å². The molecule has 15 heteroatoms. The third kappa shape index (κ3) is 10.9. The summed E-state index contributed by atoms with van der Waals surface area (Å²) in [4.78, 5) is 51.4. The van der Waals surface area contributed by atoms with Gasteiger partial charge in [0.15, 0.2) is 0 Å². The van der Waals surface area contributed by atoms with Gasteiger partial charge in [-0.2, -0.15) is 0 Å². The Hall–Kier alpha value is -2.40. The van der Waals surface area contributed by atoms with Gasteiger partial charge in [0.05, 0.1) is 37.4 Å². The Morgan fingerprint density at radius 1 is 1.22 bits per heavy atom. The average molecular weight is 534 g/mol. The molecule has 37 heavy (non-hydrogen) atoms. The van der Waals surface area contributed by atoms with Gasteiger partial charge >= 0.3 is 0 Å².